The molecule has 0 heterocycles. The Morgan fingerprint density at radius 1 is 1.12 bits per heavy atom. The van der Waals surface area contributed by atoms with Crippen LogP contribution in [0.2, 0.25) is 0 Å². The summed E-state index contributed by atoms with van der Waals surface area (Å²) in [5.74, 6) is -0.492. The molecule has 0 saturated heterocycles. The van der Waals surface area contributed by atoms with Gasteiger partial charge in [-0.05, 0) is 36.4 Å². The first-order valence-electron chi connectivity index (χ1n) is 7.22. The summed E-state index contributed by atoms with van der Waals surface area (Å²) in [6, 6.07) is 10.8. The van der Waals surface area contributed by atoms with Crippen LogP contribution in [0.5, 0.6) is 5.75 Å². The Bertz CT molecular complexity index is 881. The van der Waals surface area contributed by atoms with Crippen LogP contribution in [0.1, 0.15) is 10.4 Å². The highest BCUT2D eigenvalue weighted by Gasteiger charge is 2.28. The molecule has 0 fully saturated rings. The van der Waals surface area contributed by atoms with Gasteiger partial charge in [-0.25, -0.2) is 8.42 Å². The second kappa shape index (κ2) is 7.65. The minimum Gasteiger partial charge on any atom is -0.497 e. The predicted octanol–water partition coefficient (Wildman–Crippen LogP) is 2.79. The Morgan fingerprint density at radius 3 is 2.35 bits per heavy atom. The van der Waals surface area contributed by atoms with Crippen molar-refractivity contribution in [1.82, 2.24) is 5.32 Å². The topological polar surface area (TPSA) is 84.5 Å². The third-order valence-corrected chi connectivity index (χ3v) is 4.60. The largest absolute Gasteiger partial charge is 0.497 e. The van der Waals surface area contributed by atoms with Gasteiger partial charge >= 0.3 is 6.18 Å². The summed E-state index contributed by atoms with van der Waals surface area (Å²) in [5.41, 5.74) is 0.186. The zero-order chi connectivity index (χ0) is 19.4. The molecule has 0 radical (unpaired) electrons. The van der Waals surface area contributed by atoms with Gasteiger partial charge in [0.15, 0.2) is 0 Å². The normalized spacial score (nSPS) is 11.7. The fraction of sp³-hybridized carbons (Fsp3) is 0.188. The van der Waals surface area contributed by atoms with Crippen molar-refractivity contribution in [1.29, 1.82) is 0 Å². The molecule has 0 unspecified atom stereocenters. The molecule has 0 aliphatic heterocycles. The Kier molecular flexibility index (Phi) is 5.76. The number of carbonyl (C=O) groups is 1. The van der Waals surface area contributed by atoms with E-state index < -0.39 is 28.7 Å². The second-order valence-electron chi connectivity index (χ2n) is 5.16. The number of hydrogen-bond donors (Lipinski definition) is 2. The van der Waals surface area contributed by atoms with E-state index in [0.717, 1.165) is 24.3 Å². The van der Waals surface area contributed by atoms with Crippen molar-refractivity contribution in [3.8, 4) is 5.75 Å². The van der Waals surface area contributed by atoms with Crippen LogP contribution in [0.15, 0.2) is 53.4 Å². The number of anilines is 1. The maximum Gasteiger partial charge on any atom is 0.405 e. The molecule has 1 amide bonds. The van der Waals surface area contributed by atoms with Crippen LogP contribution in [-0.2, 0) is 10.0 Å². The van der Waals surface area contributed by atoms with E-state index in [4.69, 9.17) is 4.74 Å². The van der Waals surface area contributed by atoms with Crippen molar-refractivity contribution >= 4 is 21.6 Å². The molecule has 0 bridgehead atoms. The average Bonchev–Trinajstić information content (AvgIpc) is 2.59. The lowest BCUT2D eigenvalue weighted by Crippen LogP contribution is -2.33. The number of rotatable bonds is 6. The van der Waals surface area contributed by atoms with Crippen LogP contribution in [-0.4, -0.2) is 34.2 Å². The van der Waals surface area contributed by atoms with Gasteiger partial charge in [0.1, 0.15) is 12.3 Å². The molecule has 0 saturated carbocycles. The minimum absolute atomic E-state index is 0.0884. The highest BCUT2D eigenvalue weighted by Crippen LogP contribution is 2.21. The molecule has 0 atom stereocenters. The first kappa shape index (κ1) is 19.6. The van der Waals surface area contributed by atoms with Crippen molar-refractivity contribution in [2.24, 2.45) is 0 Å². The zero-order valence-electron chi connectivity index (χ0n) is 13.5. The number of alkyl halides is 3. The second-order valence-corrected chi connectivity index (χ2v) is 6.84. The van der Waals surface area contributed by atoms with Crippen LogP contribution in [0.3, 0.4) is 0 Å². The molecule has 26 heavy (non-hydrogen) atoms. The quantitative estimate of drug-likeness (QED) is 0.797. The average molecular weight is 388 g/mol. The molecule has 140 valence electrons. The molecule has 2 aromatic rings. The summed E-state index contributed by atoms with van der Waals surface area (Å²) in [6.45, 7) is -1.47. The smallest absolute Gasteiger partial charge is 0.405 e. The zero-order valence-corrected chi connectivity index (χ0v) is 14.3. The van der Waals surface area contributed by atoms with Gasteiger partial charge in [0.05, 0.1) is 17.7 Å². The van der Waals surface area contributed by atoms with Crippen molar-refractivity contribution in [2.75, 3.05) is 18.4 Å². The Labute approximate surface area is 148 Å². The molecule has 6 nitrogen and oxygen atoms in total. The number of amides is 1. The number of ether oxygens (including phenoxy) is 1. The van der Waals surface area contributed by atoms with E-state index in [-0.39, 0.29) is 16.1 Å². The molecule has 0 aliphatic carbocycles. The van der Waals surface area contributed by atoms with E-state index >= 15 is 0 Å². The minimum atomic E-state index is -4.53. The maximum absolute atomic E-state index is 12.3. The molecular formula is C16H15F3N2O4S. The van der Waals surface area contributed by atoms with E-state index in [1.807, 2.05) is 0 Å². The molecule has 2 N–H and O–H groups in total. The Morgan fingerprint density at radius 2 is 1.77 bits per heavy atom. The summed E-state index contributed by atoms with van der Waals surface area (Å²) in [4.78, 5) is 11.5. The third kappa shape index (κ3) is 5.38. The van der Waals surface area contributed by atoms with Crippen molar-refractivity contribution in [3.05, 3.63) is 54.1 Å². The molecule has 0 aromatic heterocycles. The Balaban J connectivity index is 2.12. The number of benzene rings is 2. The number of methoxy groups -OCH3 is 1. The summed E-state index contributed by atoms with van der Waals surface area (Å²) >= 11 is 0. The molecule has 10 heteroatoms. The van der Waals surface area contributed by atoms with Gasteiger partial charge in [0.25, 0.3) is 15.9 Å². The summed E-state index contributed by atoms with van der Waals surface area (Å²) in [6.07, 6.45) is -4.53. The standard InChI is InChI=1S/C16H15F3N2O4S/c1-25-13-4-2-3-12(9-13)21-26(23,24)14-7-5-11(6-8-14)15(22)20-10-16(17,18)19/h2-9,21H,10H2,1H3,(H,20,22). The fourth-order valence-electron chi connectivity index (χ4n) is 1.97. The molecule has 0 spiro atoms. The van der Waals surface area contributed by atoms with E-state index in [2.05, 4.69) is 4.72 Å². The van der Waals surface area contributed by atoms with Crippen molar-refractivity contribution < 1.29 is 31.1 Å². The third-order valence-electron chi connectivity index (χ3n) is 3.20. The van der Waals surface area contributed by atoms with Gasteiger partial charge in [-0.3, -0.25) is 9.52 Å². The van der Waals surface area contributed by atoms with Gasteiger partial charge in [-0.2, -0.15) is 13.2 Å². The van der Waals surface area contributed by atoms with Gasteiger partial charge in [0, 0.05) is 11.6 Å². The van der Waals surface area contributed by atoms with E-state index in [9.17, 15) is 26.4 Å². The summed E-state index contributed by atoms with van der Waals surface area (Å²) in [5, 5.41) is 1.71. The van der Waals surface area contributed by atoms with Crippen molar-refractivity contribution in [2.45, 2.75) is 11.1 Å². The number of nitrogens with one attached hydrogen (secondary N) is 2. The van der Waals surface area contributed by atoms with E-state index in [1.54, 1.807) is 17.4 Å². The van der Waals surface area contributed by atoms with Gasteiger partial charge in [-0.1, -0.05) is 6.07 Å². The van der Waals surface area contributed by atoms with Gasteiger partial charge in [0.2, 0.25) is 0 Å². The van der Waals surface area contributed by atoms with E-state index in [1.165, 1.54) is 19.2 Å². The van der Waals surface area contributed by atoms with Crippen LogP contribution in [0, 0.1) is 0 Å². The first-order chi connectivity index (χ1) is 12.1. The molecule has 2 rings (SSSR count). The highest BCUT2D eigenvalue weighted by molar-refractivity contribution is 7.92. The van der Waals surface area contributed by atoms with Crippen LogP contribution in [0.4, 0.5) is 18.9 Å². The maximum atomic E-state index is 12.3. The number of sulfonamides is 1. The lowest BCUT2D eigenvalue weighted by molar-refractivity contribution is -0.123. The van der Waals surface area contributed by atoms with Crippen LogP contribution < -0.4 is 14.8 Å². The lowest BCUT2D eigenvalue weighted by Gasteiger charge is -2.10. The Hall–Kier alpha value is -2.75. The predicted molar refractivity (Wildman–Crippen MR) is 88.6 cm³/mol. The van der Waals surface area contributed by atoms with Crippen LogP contribution in [0.25, 0.3) is 0 Å². The monoisotopic (exact) mass is 388 g/mol. The summed E-state index contributed by atoms with van der Waals surface area (Å²) < 4.78 is 68.3. The SMILES string of the molecule is COc1cccc(NS(=O)(=O)c2ccc(C(=O)NCC(F)(F)F)cc2)c1. The molecular weight excluding hydrogens is 373 g/mol. The lowest BCUT2D eigenvalue weighted by atomic mass is 10.2. The fourth-order valence-corrected chi connectivity index (χ4v) is 3.02. The van der Waals surface area contributed by atoms with Crippen LogP contribution >= 0.6 is 0 Å². The number of carbonyl (C=O) groups excluding carboxylic acids is 1. The highest BCUT2D eigenvalue weighted by atomic mass is 32.2. The first-order valence-corrected chi connectivity index (χ1v) is 8.71. The van der Waals surface area contributed by atoms with Gasteiger partial charge in [-0.15, -0.1) is 0 Å². The summed E-state index contributed by atoms with van der Waals surface area (Å²) in [7, 11) is -2.49. The molecule has 0 aliphatic rings. The number of hydrogen-bond acceptors (Lipinski definition) is 4. The number of halogens is 3. The van der Waals surface area contributed by atoms with Crippen molar-refractivity contribution in [3.63, 3.8) is 0 Å². The van der Waals surface area contributed by atoms with E-state index in [0.29, 0.717) is 5.75 Å². The molecule has 2 aromatic carbocycles. The van der Waals surface area contributed by atoms with Gasteiger partial charge < -0.3 is 10.1 Å².